The summed E-state index contributed by atoms with van der Waals surface area (Å²) in [4.78, 5) is 10.2. The van der Waals surface area contributed by atoms with Gasteiger partial charge < -0.3 is 5.11 Å². The maximum Gasteiger partial charge on any atom is 0.419 e. The van der Waals surface area contributed by atoms with Gasteiger partial charge in [-0.15, -0.1) is 11.3 Å². The molecule has 0 spiro atoms. The van der Waals surface area contributed by atoms with Crippen LogP contribution in [0.25, 0.3) is 0 Å². The minimum absolute atomic E-state index is 0.236. The summed E-state index contributed by atoms with van der Waals surface area (Å²) in [5.74, 6) is 0. The lowest BCUT2D eigenvalue weighted by atomic mass is 10.3. The molecule has 0 aliphatic rings. The van der Waals surface area contributed by atoms with Gasteiger partial charge in [-0.1, -0.05) is 11.6 Å². The minimum Gasteiger partial charge on any atom is -0.465 e. The molecule has 1 aromatic heterocycles. The van der Waals surface area contributed by atoms with Crippen LogP contribution in [-0.2, 0) is 6.18 Å². The summed E-state index contributed by atoms with van der Waals surface area (Å²) in [6.45, 7) is 0. The van der Waals surface area contributed by atoms with Crippen LogP contribution >= 0.6 is 22.9 Å². The predicted molar refractivity (Wildman–Crippen MR) is 46.0 cm³/mol. The van der Waals surface area contributed by atoms with E-state index in [9.17, 15) is 18.0 Å². The van der Waals surface area contributed by atoms with E-state index in [1.165, 1.54) is 0 Å². The Morgan fingerprint density at radius 2 is 2.14 bits per heavy atom. The van der Waals surface area contributed by atoms with Crippen LogP contribution in [0.3, 0.4) is 0 Å². The van der Waals surface area contributed by atoms with E-state index in [1.54, 1.807) is 5.32 Å². The summed E-state index contributed by atoms with van der Waals surface area (Å²) >= 11 is 6.01. The van der Waals surface area contributed by atoms with Crippen molar-refractivity contribution in [3.8, 4) is 0 Å². The van der Waals surface area contributed by atoms with Crippen LogP contribution in [0.4, 0.5) is 23.7 Å². The third-order valence-electron chi connectivity index (χ3n) is 1.28. The molecule has 78 valence electrons. The molecule has 0 atom stereocenters. The molecule has 3 nitrogen and oxygen atoms in total. The monoisotopic (exact) mass is 245 g/mol. The normalized spacial score (nSPS) is 11.4. The lowest BCUT2D eigenvalue weighted by Gasteiger charge is -2.07. The number of hydrogen-bond acceptors (Lipinski definition) is 2. The fraction of sp³-hybridized carbons (Fsp3) is 0.167. The number of alkyl halides is 3. The summed E-state index contributed by atoms with van der Waals surface area (Å²) in [5.41, 5.74) is -1.69. The van der Waals surface area contributed by atoms with Crippen LogP contribution in [0.2, 0.25) is 4.34 Å². The van der Waals surface area contributed by atoms with Crippen molar-refractivity contribution in [1.82, 2.24) is 0 Å². The molecule has 1 aromatic rings. The molecule has 0 aliphatic heterocycles. The molecule has 0 aromatic carbocycles. The number of amides is 1. The molecule has 1 heterocycles. The molecule has 0 saturated carbocycles. The Balaban J connectivity index is 3.13. The van der Waals surface area contributed by atoms with Gasteiger partial charge in [0.2, 0.25) is 0 Å². The van der Waals surface area contributed by atoms with Gasteiger partial charge in [-0.3, -0.25) is 5.32 Å². The van der Waals surface area contributed by atoms with Gasteiger partial charge in [0.15, 0.2) is 0 Å². The van der Waals surface area contributed by atoms with Gasteiger partial charge in [0.1, 0.15) is 4.34 Å². The van der Waals surface area contributed by atoms with E-state index in [1.807, 2.05) is 0 Å². The Morgan fingerprint density at radius 1 is 1.57 bits per heavy atom. The Bertz CT molecular complexity index is 362. The first-order valence-electron chi connectivity index (χ1n) is 3.16. The zero-order chi connectivity index (χ0) is 10.9. The van der Waals surface area contributed by atoms with E-state index in [-0.39, 0.29) is 4.34 Å². The Hall–Kier alpha value is -0.950. The Morgan fingerprint density at radius 3 is 2.57 bits per heavy atom. The van der Waals surface area contributed by atoms with Crippen molar-refractivity contribution in [1.29, 1.82) is 0 Å². The lowest BCUT2D eigenvalue weighted by Crippen LogP contribution is -2.12. The highest BCUT2D eigenvalue weighted by molar-refractivity contribution is 7.15. The summed E-state index contributed by atoms with van der Waals surface area (Å²) in [6, 6.07) is 0. The molecule has 0 aliphatic carbocycles. The molecular weight excluding hydrogens is 243 g/mol. The van der Waals surface area contributed by atoms with Gasteiger partial charge in [-0.25, -0.2) is 4.79 Å². The first-order valence-corrected chi connectivity index (χ1v) is 4.42. The molecule has 1 rings (SSSR count). The van der Waals surface area contributed by atoms with E-state index in [4.69, 9.17) is 16.7 Å². The molecule has 1 amide bonds. The second kappa shape index (κ2) is 3.66. The van der Waals surface area contributed by atoms with Crippen LogP contribution < -0.4 is 5.32 Å². The minimum atomic E-state index is -4.61. The lowest BCUT2D eigenvalue weighted by molar-refractivity contribution is -0.136. The number of nitrogens with one attached hydrogen (secondary N) is 1. The van der Waals surface area contributed by atoms with Crippen LogP contribution in [0.5, 0.6) is 0 Å². The zero-order valence-electron chi connectivity index (χ0n) is 6.35. The highest BCUT2D eigenvalue weighted by Crippen LogP contribution is 2.42. The number of halogens is 4. The smallest absolute Gasteiger partial charge is 0.419 e. The molecule has 0 radical (unpaired) electrons. The standard InChI is InChI=1S/C6H3ClF3NO2S/c7-4-3(11-5(12)13)2(1-14-4)6(8,9)10/h1,11H,(H,12,13). The van der Waals surface area contributed by atoms with Gasteiger partial charge in [-0.05, 0) is 0 Å². The van der Waals surface area contributed by atoms with Crippen LogP contribution in [0.1, 0.15) is 5.56 Å². The van der Waals surface area contributed by atoms with Crippen LogP contribution in [0, 0.1) is 0 Å². The second-order valence-corrected chi connectivity index (χ2v) is 3.71. The van der Waals surface area contributed by atoms with Crippen molar-refractivity contribution in [2.75, 3.05) is 5.32 Å². The van der Waals surface area contributed by atoms with Gasteiger partial charge in [-0.2, -0.15) is 13.2 Å². The number of anilines is 1. The Kier molecular flexibility index (Phi) is 2.91. The van der Waals surface area contributed by atoms with E-state index in [0.29, 0.717) is 11.3 Å². The average Bonchev–Trinajstić information content (AvgIpc) is 2.30. The third-order valence-corrected chi connectivity index (χ3v) is 2.50. The van der Waals surface area contributed by atoms with Crippen molar-refractivity contribution < 1.29 is 23.1 Å². The van der Waals surface area contributed by atoms with Gasteiger partial charge >= 0.3 is 12.3 Å². The largest absolute Gasteiger partial charge is 0.465 e. The van der Waals surface area contributed by atoms with E-state index >= 15 is 0 Å². The number of carboxylic acid groups (broad SMARTS) is 1. The molecule has 2 N–H and O–H groups in total. The molecule has 0 saturated heterocycles. The number of carbonyl (C=O) groups is 1. The molecule has 0 fully saturated rings. The maximum absolute atomic E-state index is 12.2. The first kappa shape index (κ1) is 11.1. The van der Waals surface area contributed by atoms with E-state index in [2.05, 4.69) is 0 Å². The zero-order valence-corrected chi connectivity index (χ0v) is 7.93. The van der Waals surface area contributed by atoms with Crippen LogP contribution in [-0.4, -0.2) is 11.2 Å². The summed E-state index contributed by atoms with van der Waals surface area (Å²) in [7, 11) is 0. The van der Waals surface area contributed by atoms with Crippen LogP contribution in [0.15, 0.2) is 5.38 Å². The van der Waals surface area contributed by atoms with Crippen molar-refractivity contribution >= 4 is 34.7 Å². The topological polar surface area (TPSA) is 49.3 Å². The molecule has 14 heavy (non-hydrogen) atoms. The van der Waals surface area contributed by atoms with E-state index in [0.717, 1.165) is 5.38 Å². The Labute approximate surface area is 85.1 Å². The van der Waals surface area contributed by atoms with Crippen molar-refractivity contribution in [3.05, 3.63) is 15.3 Å². The highest BCUT2D eigenvalue weighted by Gasteiger charge is 2.36. The third kappa shape index (κ3) is 2.30. The second-order valence-electron chi connectivity index (χ2n) is 2.23. The average molecular weight is 246 g/mol. The van der Waals surface area contributed by atoms with Gasteiger partial charge in [0.05, 0.1) is 11.3 Å². The quantitative estimate of drug-likeness (QED) is 0.795. The first-order chi connectivity index (χ1) is 6.32. The predicted octanol–water partition coefficient (Wildman–Crippen LogP) is 3.51. The SMILES string of the molecule is O=C(O)Nc1c(C(F)(F)F)csc1Cl. The molecule has 8 heteroatoms. The fourth-order valence-electron chi connectivity index (χ4n) is 0.766. The van der Waals surface area contributed by atoms with Crippen molar-refractivity contribution in [2.24, 2.45) is 0 Å². The summed E-state index contributed by atoms with van der Waals surface area (Å²) < 4.78 is 36.4. The number of thiophene rings is 1. The highest BCUT2D eigenvalue weighted by atomic mass is 35.5. The summed E-state index contributed by atoms with van der Waals surface area (Å²) in [5, 5.41) is 10.6. The van der Waals surface area contributed by atoms with Crippen molar-refractivity contribution in [2.45, 2.75) is 6.18 Å². The molecule has 0 bridgehead atoms. The molecular formula is C6H3ClF3NO2S. The number of hydrogen-bond donors (Lipinski definition) is 2. The van der Waals surface area contributed by atoms with Gasteiger partial charge in [0.25, 0.3) is 0 Å². The number of rotatable bonds is 1. The fourth-order valence-corrected chi connectivity index (χ4v) is 1.80. The van der Waals surface area contributed by atoms with E-state index < -0.39 is 23.5 Å². The molecule has 0 unspecified atom stereocenters. The van der Waals surface area contributed by atoms with Gasteiger partial charge in [0, 0.05) is 5.38 Å². The maximum atomic E-state index is 12.2. The summed E-state index contributed by atoms with van der Waals surface area (Å²) in [6.07, 6.45) is -6.20. The van der Waals surface area contributed by atoms with Crippen molar-refractivity contribution in [3.63, 3.8) is 0 Å².